The Morgan fingerprint density at radius 3 is 2.68 bits per heavy atom. The lowest BCUT2D eigenvalue weighted by atomic mass is 10.0. The van der Waals surface area contributed by atoms with Crippen LogP contribution in [0.2, 0.25) is 0 Å². The van der Waals surface area contributed by atoms with Crippen LogP contribution in [0.15, 0.2) is 18.3 Å². The van der Waals surface area contributed by atoms with Gasteiger partial charge in [0, 0.05) is 51.2 Å². The number of Topliss-reactive ketones (excluding diaryl/α,β-unsaturated/α-hetero) is 1. The molecule has 0 saturated carbocycles. The van der Waals surface area contributed by atoms with Crippen LogP contribution in [0.4, 0.5) is 0 Å². The van der Waals surface area contributed by atoms with Gasteiger partial charge in [0.15, 0.2) is 5.78 Å². The van der Waals surface area contributed by atoms with Crippen molar-refractivity contribution < 1.29 is 19.1 Å². The molecule has 0 aliphatic carbocycles. The predicted molar refractivity (Wildman–Crippen MR) is 118 cm³/mol. The first-order chi connectivity index (χ1) is 14.7. The van der Waals surface area contributed by atoms with Crippen LogP contribution in [0.5, 0.6) is 0 Å². The van der Waals surface area contributed by atoms with E-state index in [-0.39, 0.29) is 23.7 Å². The number of nitrogens with zero attached hydrogens (tertiary/aromatic N) is 3. The summed E-state index contributed by atoms with van der Waals surface area (Å²) in [6.45, 7) is 7.06. The van der Waals surface area contributed by atoms with Crippen LogP contribution in [0.25, 0.3) is 0 Å². The lowest BCUT2D eigenvalue weighted by Crippen LogP contribution is -2.50. The molecular weight excluding hydrogens is 396 g/mol. The number of hydrogen-bond donors (Lipinski definition) is 1. The van der Waals surface area contributed by atoms with Gasteiger partial charge in [-0.25, -0.2) is 0 Å². The summed E-state index contributed by atoms with van der Waals surface area (Å²) in [4.78, 5) is 44.7. The van der Waals surface area contributed by atoms with E-state index < -0.39 is 0 Å². The van der Waals surface area contributed by atoms with Gasteiger partial charge in [-0.1, -0.05) is 13.3 Å². The molecule has 1 saturated heterocycles. The van der Waals surface area contributed by atoms with Gasteiger partial charge >= 0.3 is 0 Å². The quantitative estimate of drug-likeness (QED) is 0.686. The summed E-state index contributed by atoms with van der Waals surface area (Å²) < 4.78 is 7.63. The number of carbonyl (C=O) groups excluding carboxylic acids is 3. The Hall–Kier alpha value is -2.87. The molecular formula is C23H32N4O4. The van der Waals surface area contributed by atoms with E-state index in [1.54, 1.807) is 27.5 Å². The van der Waals surface area contributed by atoms with Crippen molar-refractivity contribution in [2.75, 3.05) is 33.3 Å². The molecule has 1 fully saturated rings. The molecule has 1 N–H and O–H groups in total. The summed E-state index contributed by atoms with van der Waals surface area (Å²) in [5.41, 5.74) is 3.27. The Kier molecular flexibility index (Phi) is 7.00. The van der Waals surface area contributed by atoms with Gasteiger partial charge in [0.2, 0.25) is 0 Å². The number of ether oxygens (including phenoxy) is 1. The smallest absolute Gasteiger partial charge is 0.270 e. The molecule has 0 bridgehead atoms. The van der Waals surface area contributed by atoms with E-state index in [9.17, 15) is 14.4 Å². The molecule has 1 aliphatic heterocycles. The van der Waals surface area contributed by atoms with Crippen molar-refractivity contribution in [3.05, 3.63) is 46.5 Å². The van der Waals surface area contributed by atoms with E-state index >= 15 is 0 Å². The van der Waals surface area contributed by atoms with Gasteiger partial charge in [0.1, 0.15) is 11.4 Å². The minimum atomic E-state index is -0.273. The average molecular weight is 429 g/mol. The van der Waals surface area contributed by atoms with Crippen molar-refractivity contribution >= 4 is 17.6 Å². The third-order valence-corrected chi connectivity index (χ3v) is 5.77. The molecule has 8 heteroatoms. The normalized spacial score (nSPS) is 16.4. The first-order valence-corrected chi connectivity index (χ1v) is 10.7. The van der Waals surface area contributed by atoms with Crippen molar-refractivity contribution in [1.29, 1.82) is 0 Å². The molecule has 168 valence electrons. The number of morpholine rings is 1. The fourth-order valence-electron chi connectivity index (χ4n) is 4.28. The van der Waals surface area contributed by atoms with Crippen LogP contribution in [0.1, 0.15) is 62.9 Å². The molecule has 1 unspecified atom stereocenters. The number of aromatic amines is 1. The molecule has 0 radical (unpaired) electrons. The summed E-state index contributed by atoms with van der Waals surface area (Å²) in [6.07, 6.45) is 3.07. The largest absolute Gasteiger partial charge is 0.373 e. The fourth-order valence-corrected chi connectivity index (χ4v) is 4.28. The van der Waals surface area contributed by atoms with Crippen molar-refractivity contribution in [3.63, 3.8) is 0 Å². The van der Waals surface area contributed by atoms with Gasteiger partial charge in [-0.15, -0.1) is 0 Å². The van der Waals surface area contributed by atoms with Crippen LogP contribution < -0.4 is 0 Å². The number of rotatable bonds is 7. The number of likely N-dealkylation sites (N-methyl/N-ethyl adjacent to an activating group) is 1. The Labute approximate surface area is 183 Å². The van der Waals surface area contributed by atoms with E-state index in [2.05, 4.69) is 4.98 Å². The van der Waals surface area contributed by atoms with E-state index in [1.807, 2.05) is 33.2 Å². The zero-order valence-corrected chi connectivity index (χ0v) is 19.0. The molecule has 8 nitrogen and oxygen atoms in total. The summed E-state index contributed by atoms with van der Waals surface area (Å²) in [6, 6.07) is 3.62. The van der Waals surface area contributed by atoms with E-state index in [0.717, 1.165) is 17.7 Å². The van der Waals surface area contributed by atoms with Crippen molar-refractivity contribution in [2.24, 2.45) is 7.05 Å². The summed E-state index contributed by atoms with van der Waals surface area (Å²) in [5.74, 6) is -0.239. The highest BCUT2D eigenvalue weighted by atomic mass is 16.5. The number of aromatic nitrogens is 2. The predicted octanol–water partition coefficient (Wildman–Crippen LogP) is 2.43. The van der Waals surface area contributed by atoms with Crippen molar-refractivity contribution in [3.8, 4) is 0 Å². The second kappa shape index (κ2) is 9.51. The lowest BCUT2D eigenvalue weighted by molar-refractivity contribution is -0.0310. The van der Waals surface area contributed by atoms with Gasteiger partial charge in [0.05, 0.1) is 12.7 Å². The second-order valence-electron chi connectivity index (χ2n) is 8.22. The first-order valence-electron chi connectivity index (χ1n) is 10.7. The Morgan fingerprint density at radius 1 is 1.32 bits per heavy atom. The molecule has 2 aromatic rings. The highest BCUT2D eigenvalue weighted by Gasteiger charge is 2.31. The molecule has 1 aliphatic rings. The average Bonchev–Trinajstić information content (AvgIpc) is 3.30. The number of carbonyl (C=O) groups is 3. The minimum Gasteiger partial charge on any atom is -0.373 e. The molecule has 2 aromatic heterocycles. The number of amides is 2. The maximum atomic E-state index is 13.3. The highest BCUT2D eigenvalue weighted by molar-refractivity contribution is 6.02. The Balaban J connectivity index is 1.73. The minimum absolute atomic E-state index is 0.0306. The van der Waals surface area contributed by atoms with E-state index in [4.69, 9.17) is 4.74 Å². The molecule has 2 amide bonds. The monoisotopic (exact) mass is 428 g/mol. The second-order valence-corrected chi connectivity index (χ2v) is 8.22. The number of ketones is 1. The van der Waals surface area contributed by atoms with Gasteiger partial charge in [-0.3, -0.25) is 14.4 Å². The maximum Gasteiger partial charge on any atom is 0.270 e. The molecule has 3 heterocycles. The number of hydrogen-bond acceptors (Lipinski definition) is 4. The molecule has 0 spiro atoms. The van der Waals surface area contributed by atoms with Crippen LogP contribution in [0.3, 0.4) is 0 Å². The van der Waals surface area contributed by atoms with Crippen molar-refractivity contribution in [2.45, 2.75) is 39.7 Å². The Morgan fingerprint density at radius 2 is 2.06 bits per heavy atom. The lowest BCUT2D eigenvalue weighted by Gasteiger charge is -2.35. The van der Waals surface area contributed by atoms with E-state index in [0.29, 0.717) is 49.6 Å². The van der Waals surface area contributed by atoms with Gasteiger partial charge < -0.3 is 24.1 Å². The van der Waals surface area contributed by atoms with Crippen LogP contribution in [-0.2, 0) is 18.2 Å². The molecule has 1 atom stereocenters. The van der Waals surface area contributed by atoms with Crippen molar-refractivity contribution in [1.82, 2.24) is 19.4 Å². The topological polar surface area (TPSA) is 87.6 Å². The third-order valence-electron chi connectivity index (χ3n) is 5.77. The van der Waals surface area contributed by atoms with Crippen LogP contribution in [0, 0.1) is 6.92 Å². The zero-order chi connectivity index (χ0) is 22.7. The standard InChI is InChI=1S/C23H32N4O4/c1-6-8-18-20(16(3)28)15(2)24-21(18)23(30)27-11-12-31-17(14-27)13-26(5)22(29)19-9-7-10-25(19)4/h7,9-10,17,24H,6,8,11-14H2,1-5H3. The summed E-state index contributed by atoms with van der Waals surface area (Å²) in [5, 5.41) is 0. The molecule has 31 heavy (non-hydrogen) atoms. The van der Waals surface area contributed by atoms with E-state index in [1.165, 1.54) is 6.92 Å². The first kappa shape index (κ1) is 22.8. The Bertz CT molecular complexity index is 974. The van der Waals surface area contributed by atoms with Gasteiger partial charge in [-0.2, -0.15) is 0 Å². The SMILES string of the molecule is CCCc1c(C(=O)N2CCOC(CN(C)C(=O)c3cccn3C)C2)[nH]c(C)c1C(C)=O. The number of nitrogens with one attached hydrogen (secondary N) is 1. The third kappa shape index (κ3) is 4.74. The fraction of sp³-hybridized carbons (Fsp3) is 0.522. The van der Waals surface area contributed by atoms with Crippen LogP contribution in [-0.4, -0.2) is 76.3 Å². The van der Waals surface area contributed by atoms with Gasteiger partial charge in [0.25, 0.3) is 11.8 Å². The molecule has 0 aromatic carbocycles. The molecule has 3 rings (SSSR count). The summed E-state index contributed by atoms with van der Waals surface area (Å²) in [7, 11) is 3.58. The van der Waals surface area contributed by atoms with Gasteiger partial charge in [-0.05, 0) is 38.0 Å². The summed E-state index contributed by atoms with van der Waals surface area (Å²) >= 11 is 0. The highest BCUT2D eigenvalue weighted by Crippen LogP contribution is 2.23. The van der Waals surface area contributed by atoms with Crippen LogP contribution >= 0.6 is 0 Å². The zero-order valence-electron chi connectivity index (χ0n) is 19.0. The number of H-pyrrole nitrogens is 1. The maximum absolute atomic E-state index is 13.3. The number of aryl methyl sites for hydroxylation is 2.